The van der Waals surface area contributed by atoms with E-state index >= 15 is 0 Å². The van der Waals surface area contributed by atoms with E-state index in [0.717, 1.165) is 65.2 Å². The molecule has 41 heavy (non-hydrogen) atoms. The maximum Gasteiger partial charge on any atom is 0.254 e. The van der Waals surface area contributed by atoms with Gasteiger partial charge in [0.15, 0.2) is 0 Å². The van der Waals surface area contributed by atoms with Gasteiger partial charge < -0.3 is 24.4 Å². The number of nitrogens with one attached hydrogen (secondary N) is 1. The summed E-state index contributed by atoms with van der Waals surface area (Å²) in [5.41, 5.74) is 6.44. The number of amides is 2. The second-order valence-corrected chi connectivity index (χ2v) is 10.9. The number of hydrogen-bond donors (Lipinski definition) is 1. The Balaban J connectivity index is 1.17. The fourth-order valence-electron chi connectivity index (χ4n) is 5.47. The Morgan fingerprint density at radius 3 is 2.29 bits per heavy atom. The molecule has 2 aliphatic rings. The van der Waals surface area contributed by atoms with Gasteiger partial charge in [-0.1, -0.05) is 24.3 Å². The van der Waals surface area contributed by atoms with E-state index < -0.39 is 0 Å². The zero-order chi connectivity index (χ0) is 28.3. The van der Waals surface area contributed by atoms with Gasteiger partial charge in [0.1, 0.15) is 5.65 Å². The average Bonchev–Trinajstić information content (AvgIpc) is 3.45. The molecule has 0 radical (unpaired) electrons. The summed E-state index contributed by atoms with van der Waals surface area (Å²) in [6, 6.07) is 18.0. The summed E-state index contributed by atoms with van der Waals surface area (Å²) in [5.74, 6) is 0.137. The number of H-pyrrole nitrogens is 1. The Hall–Kier alpha value is -4.05. The normalized spacial score (nSPS) is 16.7. The maximum atomic E-state index is 12.9. The lowest BCUT2D eigenvalue weighted by Crippen LogP contribution is -2.48. The summed E-state index contributed by atoms with van der Waals surface area (Å²) in [7, 11) is 3.96. The molecule has 0 unspecified atom stereocenters. The van der Waals surface area contributed by atoms with Crippen molar-refractivity contribution in [2.45, 2.75) is 0 Å². The quantitative estimate of drug-likeness (QED) is 0.394. The van der Waals surface area contributed by atoms with Gasteiger partial charge in [-0.3, -0.25) is 14.5 Å². The number of rotatable bonds is 6. The Kier molecular flexibility index (Phi) is 7.82. The van der Waals surface area contributed by atoms with Crippen LogP contribution in [0.3, 0.4) is 0 Å². The Morgan fingerprint density at radius 1 is 0.902 bits per heavy atom. The van der Waals surface area contributed by atoms with Crippen molar-refractivity contribution in [2.75, 3.05) is 78.0 Å². The van der Waals surface area contributed by atoms with Crippen LogP contribution in [0.15, 0.2) is 67.0 Å². The van der Waals surface area contributed by atoms with E-state index in [9.17, 15) is 9.59 Å². The van der Waals surface area contributed by atoms with Crippen LogP contribution in [0.1, 0.15) is 10.4 Å². The molecule has 1 N–H and O–H groups in total. The number of ether oxygens (including phenoxy) is 1. The lowest BCUT2D eigenvalue weighted by atomic mass is 10.0. The summed E-state index contributed by atoms with van der Waals surface area (Å²) in [5, 5.41) is 1.01. The van der Waals surface area contributed by atoms with Crippen molar-refractivity contribution in [3.63, 3.8) is 0 Å². The fraction of sp³-hybridized carbons (Fsp3) is 0.344. The first-order chi connectivity index (χ1) is 20.0. The predicted octanol–water partition coefficient (Wildman–Crippen LogP) is 3.58. The van der Waals surface area contributed by atoms with Crippen LogP contribution in [-0.4, -0.2) is 110 Å². The van der Waals surface area contributed by atoms with Gasteiger partial charge in [0.2, 0.25) is 5.91 Å². The SMILES string of the molecule is CN1CCN(CC(=O)N(C)c2ccc(-c3cnc4[nH]cc(-c5ccc(C(=O)N6CCOCC6)cc5)c4c3)cc2)CC1. The minimum absolute atomic E-state index is 0.0397. The van der Waals surface area contributed by atoms with Crippen LogP contribution in [0.4, 0.5) is 5.69 Å². The topological polar surface area (TPSA) is 85.0 Å². The fourth-order valence-corrected chi connectivity index (χ4v) is 5.47. The molecule has 0 saturated carbocycles. The maximum absolute atomic E-state index is 12.9. The lowest BCUT2D eigenvalue weighted by Gasteiger charge is -2.32. The van der Waals surface area contributed by atoms with Crippen molar-refractivity contribution in [1.82, 2.24) is 24.7 Å². The van der Waals surface area contributed by atoms with E-state index in [-0.39, 0.29) is 11.8 Å². The largest absolute Gasteiger partial charge is 0.378 e. The molecular weight excluding hydrogens is 516 g/mol. The number of aromatic amines is 1. The Bertz CT molecular complexity index is 1520. The van der Waals surface area contributed by atoms with Crippen molar-refractivity contribution in [3.8, 4) is 22.3 Å². The first-order valence-corrected chi connectivity index (χ1v) is 14.2. The minimum atomic E-state index is 0.0397. The number of benzene rings is 2. The van der Waals surface area contributed by atoms with Crippen LogP contribution < -0.4 is 4.90 Å². The number of carbonyl (C=O) groups excluding carboxylic acids is 2. The van der Waals surface area contributed by atoms with Crippen molar-refractivity contribution in [1.29, 1.82) is 0 Å². The number of anilines is 1. The first kappa shape index (κ1) is 27.1. The number of hydrogen-bond acceptors (Lipinski definition) is 6. The molecule has 212 valence electrons. The number of aromatic nitrogens is 2. The highest BCUT2D eigenvalue weighted by Gasteiger charge is 2.20. The predicted molar refractivity (Wildman–Crippen MR) is 161 cm³/mol. The third kappa shape index (κ3) is 5.88. The Labute approximate surface area is 240 Å². The van der Waals surface area contributed by atoms with Gasteiger partial charge in [-0.25, -0.2) is 4.98 Å². The number of likely N-dealkylation sites (N-methyl/N-ethyl adjacent to an activating group) is 2. The van der Waals surface area contributed by atoms with Gasteiger partial charge in [-0.05, 0) is 48.5 Å². The molecule has 4 heterocycles. The van der Waals surface area contributed by atoms with E-state index in [4.69, 9.17) is 4.74 Å². The zero-order valence-corrected chi connectivity index (χ0v) is 23.7. The number of nitrogens with zero attached hydrogens (tertiary/aromatic N) is 5. The third-order valence-corrected chi connectivity index (χ3v) is 8.19. The van der Waals surface area contributed by atoms with E-state index in [2.05, 4.69) is 32.9 Å². The van der Waals surface area contributed by atoms with E-state index in [1.54, 1.807) is 4.90 Å². The first-order valence-electron chi connectivity index (χ1n) is 14.2. The lowest BCUT2D eigenvalue weighted by molar-refractivity contribution is -0.119. The molecule has 0 aliphatic carbocycles. The highest BCUT2D eigenvalue weighted by Crippen LogP contribution is 2.32. The van der Waals surface area contributed by atoms with Gasteiger partial charge in [0.05, 0.1) is 19.8 Å². The summed E-state index contributed by atoms with van der Waals surface area (Å²) in [6.45, 7) is 6.69. The van der Waals surface area contributed by atoms with Crippen molar-refractivity contribution >= 4 is 28.5 Å². The average molecular weight is 553 g/mol. The van der Waals surface area contributed by atoms with Crippen LogP contribution in [0.2, 0.25) is 0 Å². The van der Waals surface area contributed by atoms with Gasteiger partial charge in [-0.2, -0.15) is 0 Å². The highest BCUT2D eigenvalue weighted by molar-refractivity contribution is 5.98. The van der Waals surface area contributed by atoms with Crippen molar-refractivity contribution in [2.24, 2.45) is 0 Å². The summed E-state index contributed by atoms with van der Waals surface area (Å²) in [6.07, 6.45) is 3.83. The molecule has 0 spiro atoms. The molecule has 6 rings (SSSR count). The number of piperazine rings is 1. The summed E-state index contributed by atoms with van der Waals surface area (Å²) < 4.78 is 5.37. The molecule has 2 amide bonds. The number of pyridine rings is 1. The monoisotopic (exact) mass is 552 g/mol. The van der Waals surface area contributed by atoms with Crippen molar-refractivity contribution < 1.29 is 14.3 Å². The number of morpholine rings is 1. The third-order valence-electron chi connectivity index (χ3n) is 8.19. The van der Waals surface area contributed by atoms with E-state index in [1.807, 2.05) is 72.9 Å². The molecule has 2 aromatic carbocycles. The second kappa shape index (κ2) is 11.8. The summed E-state index contributed by atoms with van der Waals surface area (Å²) in [4.78, 5) is 41.8. The molecule has 2 aromatic heterocycles. The molecule has 2 aliphatic heterocycles. The standard InChI is InChI=1S/C32H36N6O3/c1-35-11-13-37(14-12-35)22-30(39)36(2)27-9-7-23(8-10-27)26-19-28-29(21-34-31(28)33-20-26)24-3-5-25(6-4-24)32(40)38-15-17-41-18-16-38/h3-10,19-21H,11-18,22H2,1-2H3,(H,33,34). The van der Waals surface area contributed by atoms with Crippen LogP contribution >= 0.6 is 0 Å². The van der Waals surface area contributed by atoms with Gasteiger partial charge in [-0.15, -0.1) is 0 Å². The molecular formula is C32H36N6O3. The second-order valence-electron chi connectivity index (χ2n) is 10.9. The zero-order valence-electron chi connectivity index (χ0n) is 23.7. The molecule has 9 heteroatoms. The van der Waals surface area contributed by atoms with Crippen LogP contribution in [0.25, 0.3) is 33.3 Å². The van der Waals surface area contributed by atoms with Gasteiger partial charge >= 0.3 is 0 Å². The molecule has 0 bridgehead atoms. The smallest absolute Gasteiger partial charge is 0.254 e. The van der Waals surface area contributed by atoms with Crippen LogP contribution in [0.5, 0.6) is 0 Å². The van der Waals surface area contributed by atoms with E-state index in [1.165, 1.54) is 0 Å². The van der Waals surface area contributed by atoms with Gasteiger partial charge in [0.25, 0.3) is 5.91 Å². The molecule has 4 aromatic rings. The van der Waals surface area contributed by atoms with Crippen LogP contribution in [-0.2, 0) is 9.53 Å². The molecule has 2 fully saturated rings. The van der Waals surface area contributed by atoms with Gasteiger partial charge in [0, 0.05) is 86.5 Å². The minimum Gasteiger partial charge on any atom is -0.378 e. The Morgan fingerprint density at radius 2 is 1.59 bits per heavy atom. The number of fused-ring (bicyclic) bond motifs is 1. The number of carbonyl (C=O) groups is 2. The molecule has 9 nitrogen and oxygen atoms in total. The van der Waals surface area contributed by atoms with Crippen molar-refractivity contribution in [3.05, 3.63) is 72.6 Å². The molecule has 0 atom stereocenters. The van der Waals surface area contributed by atoms with Crippen LogP contribution in [0, 0.1) is 0 Å². The molecule has 2 saturated heterocycles. The van der Waals surface area contributed by atoms with E-state index in [0.29, 0.717) is 38.4 Å². The highest BCUT2D eigenvalue weighted by atomic mass is 16.5. The summed E-state index contributed by atoms with van der Waals surface area (Å²) >= 11 is 0.